The van der Waals surface area contributed by atoms with E-state index in [4.69, 9.17) is 0 Å². The van der Waals surface area contributed by atoms with Crippen molar-refractivity contribution in [3.8, 4) is 0 Å². The van der Waals surface area contributed by atoms with Gasteiger partial charge >= 0.3 is 0 Å². The third-order valence-electron chi connectivity index (χ3n) is 3.96. The zero-order valence-corrected chi connectivity index (χ0v) is 10.9. The maximum Gasteiger partial charge on any atom is 0.221 e. The van der Waals surface area contributed by atoms with Gasteiger partial charge in [0.15, 0.2) is 0 Å². The SMILES string of the molecule is CCC1(CNC(=O)CC2CCCN2)CC1.Cl. The summed E-state index contributed by atoms with van der Waals surface area (Å²) in [6.45, 7) is 4.20. The Morgan fingerprint density at radius 1 is 1.50 bits per heavy atom. The van der Waals surface area contributed by atoms with Crippen molar-refractivity contribution in [3.05, 3.63) is 0 Å². The molecule has 0 radical (unpaired) electrons. The summed E-state index contributed by atoms with van der Waals surface area (Å²) >= 11 is 0. The van der Waals surface area contributed by atoms with E-state index in [-0.39, 0.29) is 18.3 Å². The molecule has 0 bridgehead atoms. The van der Waals surface area contributed by atoms with Crippen LogP contribution in [0.15, 0.2) is 0 Å². The van der Waals surface area contributed by atoms with Crippen molar-refractivity contribution in [1.29, 1.82) is 0 Å². The zero-order chi connectivity index (χ0) is 10.7. The molecule has 4 heteroatoms. The van der Waals surface area contributed by atoms with Gasteiger partial charge in [0.1, 0.15) is 0 Å². The highest BCUT2D eigenvalue weighted by Gasteiger charge is 2.40. The Bertz CT molecular complexity index is 235. The van der Waals surface area contributed by atoms with E-state index >= 15 is 0 Å². The van der Waals surface area contributed by atoms with Crippen LogP contribution in [0.1, 0.15) is 45.4 Å². The van der Waals surface area contributed by atoms with E-state index in [9.17, 15) is 4.79 Å². The molecule has 2 rings (SSSR count). The second kappa shape index (κ2) is 5.87. The number of amides is 1. The smallest absolute Gasteiger partial charge is 0.221 e. The monoisotopic (exact) mass is 246 g/mol. The van der Waals surface area contributed by atoms with Crippen LogP contribution in [0.4, 0.5) is 0 Å². The summed E-state index contributed by atoms with van der Waals surface area (Å²) in [5.41, 5.74) is 0.471. The third kappa shape index (κ3) is 3.63. The second-order valence-electron chi connectivity index (χ2n) is 5.13. The molecule has 94 valence electrons. The van der Waals surface area contributed by atoms with E-state index in [0.29, 0.717) is 17.9 Å². The minimum Gasteiger partial charge on any atom is -0.355 e. The van der Waals surface area contributed by atoms with E-state index in [1.54, 1.807) is 0 Å². The molecule has 1 saturated carbocycles. The highest BCUT2D eigenvalue weighted by Crippen LogP contribution is 2.47. The molecule has 0 aromatic carbocycles. The Labute approximate surface area is 104 Å². The van der Waals surface area contributed by atoms with Crippen LogP contribution < -0.4 is 10.6 Å². The maximum absolute atomic E-state index is 11.6. The first-order valence-corrected chi connectivity index (χ1v) is 6.24. The largest absolute Gasteiger partial charge is 0.355 e. The predicted octanol–water partition coefficient (Wildman–Crippen LogP) is 1.86. The number of hydrogen-bond donors (Lipinski definition) is 2. The van der Waals surface area contributed by atoms with Gasteiger partial charge < -0.3 is 10.6 Å². The average molecular weight is 247 g/mol. The predicted molar refractivity (Wildman–Crippen MR) is 67.9 cm³/mol. The van der Waals surface area contributed by atoms with Crippen LogP contribution >= 0.6 is 12.4 Å². The van der Waals surface area contributed by atoms with Gasteiger partial charge in [-0.3, -0.25) is 4.79 Å². The summed E-state index contributed by atoms with van der Waals surface area (Å²) in [6.07, 6.45) is 6.84. The number of carbonyl (C=O) groups is 1. The zero-order valence-electron chi connectivity index (χ0n) is 10.1. The molecule has 0 aromatic heterocycles. The molecule has 1 heterocycles. The fraction of sp³-hybridized carbons (Fsp3) is 0.917. The van der Waals surface area contributed by atoms with Gasteiger partial charge in [0.25, 0.3) is 0 Å². The topological polar surface area (TPSA) is 41.1 Å². The Morgan fingerprint density at radius 2 is 2.25 bits per heavy atom. The quantitative estimate of drug-likeness (QED) is 0.778. The Hall–Kier alpha value is -0.280. The molecule has 1 unspecified atom stereocenters. The molecule has 1 atom stereocenters. The summed E-state index contributed by atoms with van der Waals surface area (Å²) in [4.78, 5) is 11.6. The van der Waals surface area contributed by atoms with Crippen LogP contribution in [0.2, 0.25) is 0 Å². The minimum atomic E-state index is 0. The summed E-state index contributed by atoms with van der Waals surface area (Å²) in [5, 5.41) is 6.44. The van der Waals surface area contributed by atoms with Crippen molar-refractivity contribution < 1.29 is 4.79 Å². The van der Waals surface area contributed by atoms with Crippen LogP contribution in [-0.4, -0.2) is 25.0 Å². The lowest BCUT2D eigenvalue weighted by Crippen LogP contribution is -2.34. The number of rotatable bonds is 5. The molecule has 0 aromatic rings. The van der Waals surface area contributed by atoms with Crippen LogP contribution in [0.5, 0.6) is 0 Å². The Kier molecular flexibility index (Phi) is 5.06. The van der Waals surface area contributed by atoms with Crippen LogP contribution in [0, 0.1) is 5.41 Å². The van der Waals surface area contributed by atoms with E-state index in [1.807, 2.05) is 0 Å². The van der Waals surface area contributed by atoms with Crippen LogP contribution in [0.3, 0.4) is 0 Å². The summed E-state index contributed by atoms with van der Waals surface area (Å²) in [5.74, 6) is 0.231. The van der Waals surface area contributed by atoms with E-state index in [0.717, 1.165) is 19.5 Å². The van der Waals surface area contributed by atoms with Crippen LogP contribution in [0.25, 0.3) is 0 Å². The van der Waals surface area contributed by atoms with Gasteiger partial charge in [-0.15, -0.1) is 12.4 Å². The van der Waals surface area contributed by atoms with Crippen molar-refractivity contribution in [3.63, 3.8) is 0 Å². The van der Waals surface area contributed by atoms with Gasteiger partial charge in [0.05, 0.1) is 0 Å². The van der Waals surface area contributed by atoms with Crippen molar-refractivity contribution >= 4 is 18.3 Å². The van der Waals surface area contributed by atoms with Gasteiger partial charge in [-0.2, -0.15) is 0 Å². The van der Waals surface area contributed by atoms with Crippen molar-refractivity contribution in [1.82, 2.24) is 10.6 Å². The van der Waals surface area contributed by atoms with Gasteiger partial charge in [-0.25, -0.2) is 0 Å². The molecule has 1 aliphatic heterocycles. The minimum absolute atomic E-state index is 0. The van der Waals surface area contributed by atoms with Gasteiger partial charge in [-0.05, 0) is 44.1 Å². The molecular formula is C12H23ClN2O. The first-order chi connectivity index (χ1) is 7.24. The summed E-state index contributed by atoms with van der Waals surface area (Å²) < 4.78 is 0. The number of nitrogens with one attached hydrogen (secondary N) is 2. The van der Waals surface area contributed by atoms with E-state index < -0.39 is 0 Å². The molecule has 1 aliphatic carbocycles. The molecule has 1 amide bonds. The fourth-order valence-corrected chi connectivity index (χ4v) is 2.35. The number of hydrogen-bond acceptors (Lipinski definition) is 2. The van der Waals surface area contributed by atoms with Gasteiger partial charge in [0, 0.05) is 19.0 Å². The molecule has 1 saturated heterocycles. The summed E-state index contributed by atoms with van der Waals surface area (Å²) in [6, 6.07) is 0.432. The second-order valence-corrected chi connectivity index (χ2v) is 5.13. The van der Waals surface area contributed by atoms with E-state index in [1.165, 1.54) is 25.7 Å². The summed E-state index contributed by atoms with van der Waals surface area (Å²) in [7, 11) is 0. The van der Waals surface area contributed by atoms with Gasteiger partial charge in [0.2, 0.25) is 5.91 Å². The third-order valence-corrected chi connectivity index (χ3v) is 3.96. The molecule has 3 nitrogen and oxygen atoms in total. The molecule has 0 spiro atoms. The molecule has 2 aliphatic rings. The number of carbonyl (C=O) groups excluding carboxylic acids is 1. The standard InChI is InChI=1S/C12H22N2O.ClH/c1-2-12(5-6-12)9-14-11(15)8-10-4-3-7-13-10;/h10,13H,2-9H2,1H3,(H,14,15);1H. The Balaban J connectivity index is 0.00000128. The Morgan fingerprint density at radius 3 is 2.75 bits per heavy atom. The lowest BCUT2D eigenvalue weighted by Gasteiger charge is -2.15. The van der Waals surface area contributed by atoms with E-state index in [2.05, 4.69) is 17.6 Å². The average Bonchev–Trinajstić information content (AvgIpc) is 2.86. The molecule has 16 heavy (non-hydrogen) atoms. The van der Waals surface area contributed by atoms with Crippen molar-refractivity contribution in [2.45, 2.75) is 51.5 Å². The molecule has 2 fully saturated rings. The molecule has 2 N–H and O–H groups in total. The first-order valence-electron chi connectivity index (χ1n) is 6.24. The lowest BCUT2D eigenvalue weighted by molar-refractivity contribution is -0.121. The highest BCUT2D eigenvalue weighted by atomic mass is 35.5. The normalized spacial score (nSPS) is 25.9. The lowest BCUT2D eigenvalue weighted by atomic mass is 10.0. The van der Waals surface area contributed by atoms with Crippen molar-refractivity contribution in [2.75, 3.05) is 13.1 Å². The van der Waals surface area contributed by atoms with Crippen LogP contribution in [-0.2, 0) is 4.79 Å². The fourth-order valence-electron chi connectivity index (χ4n) is 2.35. The molecular weight excluding hydrogens is 224 g/mol. The van der Waals surface area contributed by atoms with Crippen molar-refractivity contribution in [2.24, 2.45) is 5.41 Å². The van der Waals surface area contributed by atoms with Gasteiger partial charge in [-0.1, -0.05) is 6.92 Å². The highest BCUT2D eigenvalue weighted by molar-refractivity contribution is 5.85. The first kappa shape index (κ1) is 13.8. The maximum atomic E-state index is 11.6. The number of halogens is 1.